The van der Waals surface area contributed by atoms with Gasteiger partial charge in [0.05, 0.1) is 10.6 Å². The molecule has 0 aliphatic carbocycles. The average molecular weight is 550 g/mol. The number of amides is 2. The lowest BCUT2D eigenvalue weighted by Crippen LogP contribution is -2.35. The maximum atomic E-state index is 12.9. The van der Waals surface area contributed by atoms with Gasteiger partial charge in [0.15, 0.2) is 4.34 Å². The number of aromatic nitrogens is 2. The number of nitrogens with one attached hydrogen (secondary N) is 2. The molecule has 2 aromatic carbocycles. The molecule has 0 atom stereocenters. The van der Waals surface area contributed by atoms with Crippen molar-refractivity contribution in [3.63, 3.8) is 0 Å². The van der Waals surface area contributed by atoms with Crippen LogP contribution >= 0.6 is 23.1 Å². The molecule has 3 aromatic rings. The number of hydrogen-bond acceptors (Lipinski definition) is 8. The van der Waals surface area contributed by atoms with Crippen molar-refractivity contribution in [2.45, 2.75) is 35.0 Å². The van der Waals surface area contributed by atoms with Crippen molar-refractivity contribution in [1.29, 1.82) is 0 Å². The summed E-state index contributed by atoms with van der Waals surface area (Å²) in [7, 11) is -3.56. The van der Waals surface area contributed by atoms with E-state index in [1.54, 1.807) is 12.1 Å². The summed E-state index contributed by atoms with van der Waals surface area (Å²) in [6.07, 6.45) is 2.73. The Bertz CT molecular complexity index is 1310. The van der Waals surface area contributed by atoms with Crippen LogP contribution in [0, 0.1) is 5.82 Å². The van der Waals surface area contributed by atoms with Gasteiger partial charge < -0.3 is 5.32 Å². The van der Waals surface area contributed by atoms with Crippen LogP contribution in [-0.4, -0.2) is 53.6 Å². The van der Waals surface area contributed by atoms with Gasteiger partial charge in [-0.25, -0.2) is 12.8 Å². The van der Waals surface area contributed by atoms with Crippen LogP contribution in [-0.2, 0) is 21.4 Å². The lowest BCUT2D eigenvalue weighted by molar-refractivity contribution is -0.118. The summed E-state index contributed by atoms with van der Waals surface area (Å²) in [5.41, 5.74) is 1.07. The predicted molar refractivity (Wildman–Crippen MR) is 136 cm³/mol. The number of benzene rings is 2. The van der Waals surface area contributed by atoms with Crippen LogP contribution in [0.1, 0.15) is 35.2 Å². The van der Waals surface area contributed by atoms with Gasteiger partial charge in [-0.1, -0.05) is 41.7 Å². The molecule has 1 aliphatic rings. The van der Waals surface area contributed by atoms with E-state index in [0.29, 0.717) is 17.4 Å². The van der Waals surface area contributed by atoms with Gasteiger partial charge >= 0.3 is 0 Å². The molecule has 13 heteroatoms. The molecule has 2 amide bonds. The van der Waals surface area contributed by atoms with Crippen LogP contribution < -0.4 is 10.6 Å². The number of carbonyl (C=O) groups is 2. The van der Waals surface area contributed by atoms with Gasteiger partial charge in [-0.05, 0) is 54.8 Å². The normalized spacial score (nSPS) is 14.4. The van der Waals surface area contributed by atoms with Gasteiger partial charge in [-0.3, -0.25) is 14.9 Å². The van der Waals surface area contributed by atoms with E-state index in [1.165, 1.54) is 52.5 Å². The number of sulfonamides is 1. The zero-order chi connectivity index (χ0) is 25.5. The Hall–Kier alpha value is -2.87. The summed E-state index contributed by atoms with van der Waals surface area (Å²) < 4.78 is 40.5. The Balaban J connectivity index is 1.26. The van der Waals surface area contributed by atoms with Gasteiger partial charge in [-0.15, -0.1) is 10.2 Å². The Kier molecular flexibility index (Phi) is 8.67. The molecule has 1 aromatic heterocycles. The van der Waals surface area contributed by atoms with Gasteiger partial charge in [0.1, 0.15) is 5.82 Å². The van der Waals surface area contributed by atoms with Gasteiger partial charge in [-0.2, -0.15) is 4.31 Å². The van der Waals surface area contributed by atoms with E-state index >= 15 is 0 Å². The minimum Gasteiger partial charge on any atom is -0.351 e. The van der Waals surface area contributed by atoms with Crippen LogP contribution in [0.2, 0.25) is 0 Å². The summed E-state index contributed by atoms with van der Waals surface area (Å²) in [6.45, 7) is 1.31. The van der Waals surface area contributed by atoms with E-state index in [-0.39, 0.29) is 39.6 Å². The molecule has 1 saturated heterocycles. The number of halogens is 1. The van der Waals surface area contributed by atoms with Crippen molar-refractivity contribution in [2.24, 2.45) is 0 Å². The summed E-state index contributed by atoms with van der Waals surface area (Å²) in [4.78, 5) is 24.8. The highest BCUT2D eigenvalue weighted by Gasteiger charge is 2.26. The van der Waals surface area contributed by atoms with Crippen LogP contribution in [0.25, 0.3) is 0 Å². The van der Waals surface area contributed by atoms with Crippen LogP contribution in [0.15, 0.2) is 57.8 Å². The second-order valence-electron chi connectivity index (χ2n) is 8.01. The fraction of sp³-hybridized carbons (Fsp3) is 0.304. The first-order valence-corrected chi connectivity index (χ1v) is 14.4. The van der Waals surface area contributed by atoms with Crippen molar-refractivity contribution in [3.8, 4) is 0 Å². The summed E-state index contributed by atoms with van der Waals surface area (Å²) in [6, 6.07) is 11.7. The summed E-state index contributed by atoms with van der Waals surface area (Å²) in [5.74, 6) is -0.888. The first-order chi connectivity index (χ1) is 17.3. The molecule has 0 radical (unpaired) electrons. The topological polar surface area (TPSA) is 121 Å². The number of thioether (sulfide) groups is 1. The molecular formula is C23H24FN5O4S3. The molecule has 0 bridgehead atoms. The number of nitrogens with zero attached hydrogens (tertiary/aromatic N) is 3. The van der Waals surface area contributed by atoms with E-state index in [9.17, 15) is 22.4 Å². The summed E-state index contributed by atoms with van der Waals surface area (Å²) in [5, 5.41) is 13.5. The Labute approximate surface area is 216 Å². The SMILES string of the molecule is O=C(CSc1nnc(NC(=O)c2ccc(S(=O)(=O)N3CCCCC3)cc2)s1)NCc1ccc(F)cc1. The molecule has 190 valence electrons. The molecule has 9 nitrogen and oxygen atoms in total. The highest BCUT2D eigenvalue weighted by Crippen LogP contribution is 2.26. The van der Waals surface area contributed by atoms with Gasteiger partial charge in [0.25, 0.3) is 5.91 Å². The number of anilines is 1. The minimum absolute atomic E-state index is 0.108. The van der Waals surface area contributed by atoms with E-state index in [1.807, 2.05) is 0 Å². The van der Waals surface area contributed by atoms with Crippen LogP contribution in [0.4, 0.5) is 9.52 Å². The highest BCUT2D eigenvalue weighted by atomic mass is 32.2. The smallest absolute Gasteiger partial charge is 0.257 e. The third-order valence-corrected chi connectivity index (χ3v) is 9.31. The van der Waals surface area contributed by atoms with E-state index in [2.05, 4.69) is 20.8 Å². The first kappa shape index (κ1) is 26.2. The maximum Gasteiger partial charge on any atom is 0.257 e. The second kappa shape index (κ2) is 11.9. The molecule has 0 saturated carbocycles. The fourth-order valence-corrected chi connectivity index (χ4v) is 6.60. The lowest BCUT2D eigenvalue weighted by atomic mass is 10.2. The zero-order valence-corrected chi connectivity index (χ0v) is 21.6. The molecule has 0 spiro atoms. The molecule has 2 heterocycles. The molecule has 1 fully saturated rings. The van der Waals surface area contributed by atoms with Gasteiger partial charge in [0, 0.05) is 25.2 Å². The van der Waals surface area contributed by atoms with Crippen molar-refractivity contribution in [2.75, 3.05) is 24.2 Å². The molecule has 0 unspecified atom stereocenters. The number of carbonyl (C=O) groups excluding carboxylic acids is 2. The zero-order valence-electron chi connectivity index (χ0n) is 19.1. The van der Waals surface area contributed by atoms with Crippen LogP contribution in [0.5, 0.6) is 0 Å². The fourth-order valence-electron chi connectivity index (χ4n) is 3.50. The minimum atomic E-state index is -3.56. The summed E-state index contributed by atoms with van der Waals surface area (Å²) >= 11 is 2.30. The van der Waals surface area contributed by atoms with E-state index in [0.717, 1.165) is 36.2 Å². The van der Waals surface area contributed by atoms with E-state index in [4.69, 9.17) is 0 Å². The molecular weight excluding hydrogens is 525 g/mol. The maximum absolute atomic E-state index is 12.9. The quantitative estimate of drug-likeness (QED) is 0.309. The Morgan fingerprint density at radius 1 is 1.00 bits per heavy atom. The number of rotatable bonds is 9. The molecule has 36 heavy (non-hydrogen) atoms. The predicted octanol–water partition coefficient (Wildman–Crippen LogP) is 3.51. The standard InChI is InChI=1S/C23H24FN5O4S3/c24-18-8-4-16(5-9-18)14-25-20(30)15-34-23-28-27-22(35-23)26-21(31)17-6-10-19(11-7-17)36(32,33)29-12-2-1-3-13-29/h4-11H,1-3,12-15H2,(H,25,30)(H,26,27,31). The Morgan fingerprint density at radius 2 is 1.69 bits per heavy atom. The third-order valence-electron chi connectivity index (χ3n) is 5.43. The average Bonchev–Trinajstić information content (AvgIpc) is 3.35. The molecule has 4 rings (SSSR count). The lowest BCUT2D eigenvalue weighted by Gasteiger charge is -2.25. The largest absolute Gasteiger partial charge is 0.351 e. The van der Waals surface area contributed by atoms with Crippen molar-refractivity contribution in [1.82, 2.24) is 19.8 Å². The number of piperidine rings is 1. The van der Waals surface area contributed by atoms with Gasteiger partial charge in [0.2, 0.25) is 21.1 Å². The van der Waals surface area contributed by atoms with Crippen molar-refractivity contribution < 1.29 is 22.4 Å². The third kappa shape index (κ3) is 6.87. The highest BCUT2D eigenvalue weighted by molar-refractivity contribution is 8.01. The molecule has 1 aliphatic heterocycles. The van der Waals surface area contributed by atoms with Crippen LogP contribution in [0.3, 0.4) is 0 Å². The van der Waals surface area contributed by atoms with E-state index < -0.39 is 15.9 Å². The van der Waals surface area contributed by atoms with Crippen molar-refractivity contribution in [3.05, 3.63) is 65.5 Å². The second-order valence-corrected chi connectivity index (χ2v) is 12.1. The first-order valence-electron chi connectivity index (χ1n) is 11.2. The Morgan fingerprint density at radius 3 is 2.39 bits per heavy atom. The number of hydrogen-bond donors (Lipinski definition) is 2. The monoisotopic (exact) mass is 549 g/mol. The van der Waals surface area contributed by atoms with Crippen molar-refractivity contribution >= 4 is 50.1 Å². The molecule has 2 N–H and O–H groups in total.